The summed E-state index contributed by atoms with van der Waals surface area (Å²) in [4.78, 5) is 18.6. The quantitative estimate of drug-likeness (QED) is 0.481. The third-order valence-electron chi connectivity index (χ3n) is 3.38. The van der Waals surface area contributed by atoms with Gasteiger partial charge in [-0.15, -0.1) is 0 Å². The van der Waals surface area contributed by atoms with E-state index < -0.39 is 0 Å². The van der Waals surface area contributed by atoms with Crippen molar-refractivity contribution < 1.29 is 4.79 Å². The van der Waals surface area contributed by atoms with Crippen LogP contribution in [0.15, 0.2) is 12.1 Å². The van der Waals surface area contributed by atoms with Gasteiger partial charge in [-0.1, -0.05) is 25.4 Å². The summed E-state index contributed by atoms with van der Waals surface area (Å²) in [5, 5.41) is 0.267. The smallest absolute Gasteiger partial charge is 0.254 e. The van der Waals surface area contributed by atoms with Crippen molar-refractivity contribution in [1.29, 1.82) is 0 Å². The number of carbonyl (C=O) groups excluding carboxylic acids is 1. The third-order valence-corrected chi connectivity index (χ3v) is 3.58. The van der Waals surface area contributed by atoms with Crippen LogP contribution in [0.2, 0.25) is 5.15 Å². The van der Waals surface area contributed by atoms with Crippen LogP contribution in [0.1, 0.15) is 43.5 Å². The lowest BCUT2D eigenvalue weighted by atomic mass is 10.1. The summed E-state index contributed by atoms with van der Waals surface area (Å²) in [6.45, 7) is 5.11. The first-order valence-corrected chi connectivity index (χ1v) is 7.34. The van der Waals surface area contributed by atoms with Crippen LogP contribution in [0.3, 0.4) is 0 Å². The molecule has 1 aliphatic rings. The summed E-state index contributed by atoms with van der Waals surface area (Å²) >= 11 is 5.92. The van der Waals surface area contributed by atoms with E-state index in [1.807, 2.05) is 4.90 Å². The maximum Gasteiger partial charge on any atom is 0.254 e. The molecule has 1 heterocycles. The Hall–Kier alpha value is -1.33. The van der Waals surface area contributed by atoms with Crippen molar-refractivity contribution >= 4 is 23.3 Å². The van der Waals surface area contributed by atoms with Crippen LogP contribution in [-0.4, -0.2) is 28.4 Å². The molecule has 2 rings (SSSR count). The van der Waals surface area contributed by atoms with E-state index in [-0.39, 0.29) is 11.1 Å². The van der Waals surface area contributed by atoms with Crippen molar-refractivity contribution in [3.63, 3.8) is 0 Å². The Morgan fingerprint density at radius 2 is 2.25 bits per heavy atom. The standard InChI is InChI=1S/C14H21ClN4O/c1-9(2)5-6-19(11-3-4-11)14(20)10-7-12(15)17-13(8-10)18-16/h7-9,11H,3-6,16H2,1-2H3,(H,17,18). The van der Waals surface area contributed by atoms with Gasteiger partial charge in [-0.25, -0.2) is 10.8 Å². The van der Waals surface area contributed by atoms with Gasteiger partial charge >= 0.3 is 0 Å². The molecular formula is C14H21ClN4O. The molecule has 0 saturated heterocycles. The van der Waals surface area contributed by atoms with Gasteiger partial charge in [-0.05, 0) is 37.3 Å². The number of anilines is 1. The van der Waals surface area contributed by atoms with Gasteiger partial charge in [-0.2, -0.15) is 0 Å². The molecule has 1 amide bonds. The number of amides is 1. The van der Waals surface area contributed by atoms with Gasteiger partial charge < -0.3 is 10.3 Å². The van der Waals surface area contributed by atoms with Crippen LogP contribution in [-0.2, 0) is 0 Å². The molecule has 1 aromatic rings. The minimum Gasteiger partial charge on any atom is -0.336 e. The number of rotatable bonds is 6. The van der Waals surface area contributed by atoms with Gasteiger partial charge in [0.15, 0.2) is 0 Å². The van der Waals surface area contributed by atoms with Crippen LogP contribution in [0.5, 0.6) is 0 Å². The fraction of sp³-hybridized carbons (Fsp3) is 0.571. The van der Waals surface area contributed by atoms with E-state index in [9.17, 15) is 4.79 Å². The highest BCUT2D eigenvalue weighted by atomic mass is 35.5. The lowest BCUT2D eigenvalue weighted by molar-refractivity contribution is 0.0735. The van der Waals surface area contributed by atoms with E-state index in [0.29, 0.717) is 23.3 Å². The molecule has 1 saturated carbocycles. The summed E-state index contributed by atoms with van der Waals surface area (Å²) < 4.78 is 0. The van der Waals surface area contributed by atoms with E-state index in [1.165, 1.54) is 0 Å². The highest BCUT2D eigenvalue weighted by Gasteiger charge is 2.33. The highest BCUT2D eigenvalue weighted by molar-refractivity contribution is 6.29. The second-order valence-electron chi connectivity index (χ2n) is 5.62. The fourth-order valence-electron chi connectivity index (χ4n) is 2.09. The predicted octanol–water partition coefficient (Wildman–Crippen LogP) is 2.67. The number of hydrazine groups is 1. The number of nitrogens with zero attached hydrogens (tertiary/aromatic N) is 2. The molecule has 1 aromatic heterocycles. The molecule has 0 radical (unpaired) electrons. The molecule has 0 atom stereocenters. The first-order chi connectivity index (χ1) is 9.51. The summed E-state index contributed by atoms with van der Waals surface area (Å²) in [7, 11) is 0. The number of hydrogen-bond donors (Lipinski definition) is 2. The van der Waals surface area contributed by atoms with Gasteiger partial charge in [0.1, 0.15) is 11.0 Å². The number of pyridine rings is 1. The molecule has 3 N–H and O–H groups in total. The van der Waals surface area contributed by atoms with Gasteiger partial charge in [0.05, 0.1) is 0 Å². The second-order valence-corrected chi connectivity index (χ2v) is 6.01. The first-order valence-electron chi connectivity index (χ1n) is 6.96. The maximum atomic E-state index is 12.6. The average Bonchev–Trinajstić information content (AvgIpc) is 3.22. The van der Waals surface area contributed by atoms with Gasteiger partial charge in [-0.3, -0.25) is 4.79 Å². The summed E-state index contributed by atoms with van der Waals surface area (Å²) in [6, 6.07) is 3.61. The van der Waals surface area contributed by atoms with Crippen molar-refractivity contribution in [2.45, 2.75) is 39.2 Å². The molecule has 0 bridgehead atoms. The molecule has 1 fully saturated rings. The maximum absolute atomic E-state index is 12.6. The number of carbonyl (C=O) groups is 1. The minimum atomic E-state index is 0.00829. The number of hydrogen-bond acceptors (Lipinski definition) is 4. The minimum absolute atomic E-state index is 0.00829. The molecule has 6 heteroatoms. The number of nitrogens with one attached hydrogen (secondary N) is 1. The van der Waals surface area contributed by atoms with Crippen molar-refractivity contribution in [2.75, 3.05) is 12.0 Å². The zero-order valence-electron chi connectivity index (χ0n) is 11.9. The van der Waals surface area contributed by atoms with Crippen LogP contribution >= 0.6 is 11.6 Å². The Balaban J connectivity index is 2.16. The van der Waals surface area contributed by atoms with Crippen LogP contribution in [0.4, 0.5) is 5.82 Å². The second kappa shape index (κ2) is 6.41. The molecule has 20 heavy (non-hydrogen) atoms. The van der Waals surface area contributed by atoms with Crippen LogP contribution in [0, 0.1) is 5.92 Å². The largest absolute Gasteiger partial charge is 0.336 e. The predicted molar refractivity (Wildman–Crippen MR) is 80.6 cm³/mol. The van der Waals surface area contributed by atoms with E-state index in [0.717, 1.165) is 25.8 Å². The third kappa shape index (κ3) is 3.84. The van der Waals surface area contributed by atoms with E-state index in [1.54, 1.807) is 12.1 Å². The van der Waals surface area contributed by atoms with Gasteiger partial charge in [0.25, 0.3) is 5.91 Å². The molecule has 0 spiro atoms. The normalized spacial score (nSPS) is 14.4. The van der Waals surface area contributed by atoms with Gasteiger partial charge in [0, 0.05) is 18.2 Å². The molecule has 0 aromatic carbocycles. The zero-order chi connectivity index (χ0) is 14.7. The van der Waals surface area contributed by atoms with E-state index >= 15 is 0 Å². The zero-order valence-corrected chi connectivity index (χ0v) is 12.7. The Morgan fingerprint density at radius 1 is 1.55 bits per heavy atom. The van der Waals surface area contributed by atoms with Gasteiger partial charge in [0.2, 0.25) is 0 Å². The number of halogens is 1. The Bertz CT molecular complexity index is 488. The number of nitrogen functional groups attached to an aromatic ring is 1. The van der Waals surface area contributed by atoms with Crippen molar-refractivity contribution in [1.82, 2.24) is 9.88 Å². The lowest BCUT2D eigenvalue weighted by Crippen LogP contribution is -2.34. The summed E-state index contributed by atoms with van der Waals surface area (Å²) in [5.41, 5.74) is 2.97. The monoisotopic (exact) mass is 296 g/mol. The van der Waals surface area contributed by atoms with E-state index in [2.05, 4.69) is 24.3 Å². The molecule has 110 valence electrons. The van der Waals surface area contributed by atoms with Crippen LogP contribution < -0.4 is 11.3 Å². The van der Waals surface area contributed by atoms with Crippen molar-refractivity contribution in [3.8, 4) is 0 Å². The van der Waals surface area contributed by atoms with Crippen molar-refractivity contribution in [2.24, 2.45) is 11.8 Å². The molecule has 5 nitrogen and oxygen atoms in total. The number of nitrogens with two attached hydrogens (primary N) is 1. The highest BCUT2D eigenvalue weighted by Crippen LogP contribution is 2.29. The summed E-state index contributed by atoms with van der Waals surface area (Å²) in [6.07, 6.45) is 3.18. The molecule has 1 aliphatic carbocycles. The topological polar surface area (TPSA) is 71.2 Å². The molecular weight excluding hydrogens is 276 g/mol. The van der Waals surface area contributed by atoms with E-state index in [4.69, 9.17) is 17.4 Å². The summed E-state index contributed by atoms with van der Waals surface area (Å²) in [5.74, 6) is 6.33. The SMILES string of the molecule is CC(C)CCN(C(=O)c1cc(Cl)nc(NN)c1)C1CC1. The Labute approximate surface area is 124 Å². The molecule has 0 unspecified atom stereocenters. The average molecular weight is 297 g/mol. The fourth-order valence-corrected chi connectivity index (χ4v) is 2.30. The Kier molecular flexibility index (Phi) is 4.83. The molecule has 0 aliphatic heterocycles. The van der Waals surface area contributed by atoms with Crippen molar-refractivity contribution in [3.05, 3.63) is 22.8 Å². The van der Waals surface area contributed by atoms with Crippen LogP contribution in [0.25, 0.3) is 0 Å². The number of aromatic nitrogens is 1. The lowest BCUT2D eigenvalue weighted by Gasteiger charge is -2.23. The Morgan fingerprint density at radius 3 is 2.80 bits per heavy atom. The first kappa shape index (κ1) is 15.1.